The van der Waals surface area contributed by atoms with Crippen LogP contribution < -0.4 is 58.9 Å². The molecule has 0 saturated carbocycles. The number of hydrogen-bond acceptors (Lipinski definition) is 30. The topological polar surface area (TPSA) is 534 Å². The molecule has 17 N–H and O–H groups in total. The van der Waals surface area contributed by atoms with E-state index < -0.39 is 166 Å². The Morgan fingerprint density at radius 1 is 0.791 bits per heavy atom. The van der Waals surface area contributed by atoms with Crippen LogP contribution in [-0.2, 0) is 43.8 Å². The van der Waals surface area contributed by atoms with Crippen molar-refractivity contribution < 1.29 is 83.0 Å². The summed E-state index contributed by atoms with van der Waals surface area (Å²) in [5.41, 5.74) is -0.110. The van der Waals surface area contributed by atoms with Crippen LogP contribution in [0.25, 0.3) is 6.08 Å². The fraction of sp³-hybridized carbons (Fsp3) is 0.457. The number of aliphatic imine (C=N–C) groups is 2. The Labute approximate surface area is 650 Å². The lowest BCUT2D eigenvalue weighted by Gasteiger charge is -2.41. The minimum Gasteiger partial charge on any atom is -0.455 e. The molecule has 0 radical (unpaired) electrons. The number of ether oxygens (including phenoxy) is 1. The normalized spacial score (nSPS) is 23.3. The molecule has 588 valence electrons. The fourth-order valence-electron chi connectivity index (χ4n) is 11.9. The molecule has 1 aliphatic carbocycles. The Morgan fingerprint density at radius 2 is 1.46 bits per heavy atom. The van der Waals surface area contributed by atoms with Gasteiger partial charge in [0.1, 0.15) is 113 Å². The number of allylic oxidation sites excluding steroid dienone is 1. The summed E-state index contributed by atoms with van der Waals surface area (Å²) in [6, 6.07) is -9.56. The van der Waals surface area contributed by atoms with Crippen LogP contribution in [0.5, 0.6) is 0 Å². The molecule has 16 atom stereocenters. The highest BCUT2D eigenvalue weighted by atomic mass is 32.2. The minimum absolute atomic E-state index is 0.00288. The first-order chi connectivity index (χ1) is 51.9. The standard InChI is InChI=1S/C70H86N18O17S5/c1-14-27(3)47(72-13)61(101)76-30(6)55(95)74-29(5)54(94)75-31(7)56(96)88-70-20-19-39(64-82-42(23-107-64)57(97)73-28(4)53(71)93)78-51(70)41-22-108-65(80-41)49(34(10)105-67(103)40-21-37(32(8)89)36-17-16-18-46(92)50(36)77-40)86-58(98)43-25-109-66(83-43)52(69(12,104)35(11)91)87-60(100)44-24-106-63(81-44)38(15-2)79-62(102)48(33(9)90)85-59(99)45-26-110-68(70)84-45/h15-17,21-23,25-27,30-35,44,46-49,51-52,72,89-92,104H,4-5,14,18-20,24H2,1-3,6-13H3,(H2,71,93)(H,73,97)(H,74,95)(H,75,94)(H,76,101)(H,79,102)(H,85,99)(H,86,98)(H,87,100)(H,88,96)/b38-15-. The number of pyridine rings is 1. The zero-order valence-corrected chi connectivity index (χ0v) is 65.6. The van der Waals surface area contributed by atoms with E-state index in [1.165, 1.54) is 82.1 Å². The van der Waals surface area contributed by atoms with E-state index in [4.69, 9.17) is 25.4 Å². The summed E-state index contributed by atoms with van der Waals surface area (Å²) in [5, 5.41) is 88.5. The number of carbonyl (C=O) groups excluding carboxylic acids is 11. The maximum Gasteiger partial charge on any atom is 0.357 e. The Kier molecular flexibility index (Phi) is 27.2. The number of primary amides is 1. The first-order valence-corrected chi connectivity index (χ1v) is 39.2. The molecule has 3 aliphatic heterocycles. The molecule has 0 aromatic carbocycles. The largest absolute Gasteiger partial charge is 0.455 e. The molecule has 0 spiro atoms. The third-order valence-electron chi connectivity index (χ3n) is 18.7. The fourth-order valence-corrected chi connectivity index (χ4v) is 16.7. The number of nitrogens with one attached hydrogen (secondary N) is 10. The number of aromatic nitrogens is 5. The molecule has 5 aromatic heterocycles. The summed E-state index contributed by atoms with van der Waals surface area (Å²) < 4.78 is 6.17. The monoisotopic (exact) mass is 1610 g/mol. The van der Waals surface area contributed by atoms with E-state index in [9.17, 15) is 68.7 Å². The molecule has 8 heterocycles. The molecule has 110 heavy (non-hydrogen) atoms. The molecule has 5 aromatic rings. The second kappa shape index (κ2) is 35.5. The van der Waals surface area contributed by atoms with E-state index in [1.807, 2.05) is 13.8 Å². The van der Waals surface area contributed by atoms with Gasteiger partial charge in [-0.05, 0) is 99.2 Å². The number of nitrogens with zero attached hydrogens (tertiary/aromatic N) is 7. The number of thiazole rings is 4. The van der Waals surface area contributed by atoms with Gasteiger partial charge in [-0.2, -0.15) is 0 Å². The molecule has 9 rings (SSSR count). The zero-order chi connectivity index (χ0) is 80.7. The molecule has 4 aliphatic rings. The van der Waals surface area contributed by atoms with Gasteiger partial charge in [-0.15, -0.1) is 57.1 Å². The van der Waals surface area contributed by atoms with E-state index in [-0.39, 0.29) is 107 Å². The van der Waals surface area contributed by atoms with Crippen molar-refractivity contribution >= 4 is 139 Å². The van der Waals surface area contributed by atoms with Crippen molar-refractivity contribution in [1.29, 1.82) is 0 Å². The van der Waals surface area contributed by atoms with E-state index in [1.54, 1.807) is 26.1 Å². The quantitative estimate of drug-likeness (QED) is 0.0347. The van der Waals surface area contributed by atoms with Crippen LogP contribution in [0.1, 0.15) is 210 Å². The average Bonchev–Trinajstić information content (AvgIpc) is 1.63. The van der Waals surface area contributed by atoms with Crippen molar-refractivity contribution in [3.8, 4) is 0 Å². The van der Waals surface area contributed by atoms with Crippen molar-refractivity contribution in [2.75, 3.05) is 12.8 Å². The molecule has 8 bridgehead atoms. The van der Waals surface area contributed by atoms with Crippen LogP contribution in [0.2, 0.25) is 0 Å². The highest BCUT2D eigenvalue weighted by Crippen LogP contribution is 2.48. The number of thioether (sulfide) groups is 1. The van der Waals surface area contributed by atoms with E-state index in [2.05, 4.69) is 86.3 Å². The van der Waals surface area contributed by atoms with Crippen molar-refractivity contribution in [2.24, 2.45) is 21.6 Å². The number of aliphatic hydroxyl groups is 5. The van der Waals surface area contributed by atoms with Gasteiger partial charge in [0.25, 0.3) is 29.5 Å². The lowest BCUT2D eigenvalue weighted by molar-refractivity contribution is -0.131. The summed E-state index contributed by atoms with van der Waals surface area (Å²) >= 11 is 4.54. The number of amides is 10. The lowest BCUT2D eigenvalue weighted by Crippen LogP contribution is -2.57. The maximum atomic E-state index is 15.3. The number of likely N-dealkylation sites (N-methyl/N-ethyl adjacent to an activating group) is 1. The van der Waals surface area contributed by atoms with Gasteiger partial charge in [0.15, 0.2) is 0 Å². The Hall–Kier alpha value is -9.75. The molecule has 35 nitrogen and oxygen atoms in total. The van der Waals surface area contributed by atoms with Gasteiger partial charge in [-0.25, -0.2) is 29.7 Å². The van der Waals surface area contributed by atoms with Crippen LogP contribution in [0, 0.1) is 5.92 Å². The van der Waals surface area contributed by atoms with Gasteiger partial charge in [-0.1, -0.05) is 51.7 Å². The predicted octanol–water partition coefficient (Wildman–Crippen LogP) is 1.78. The van der Waals surface area contributed by atoms with Crippen LogP contribution in [0.4, 0.5) is 0 Å². The van der Waals surface area contributed by atoms with Gasteiger partial charge < -0.3 is 89.2 Å². The van der Waals surface area contributed by atoms with Crippen molar-refractivity contribution in [1.82, 2.24) is 78.1 Å². The van der Waals surface area contributed by atoms with E-state index in [0.29, 0.717) is 12.0 Å². The van der Waals surface area contributed by atoms with Crippen molar-refractivity contribution in [3.63, 3.8) is 0 Å². The summed E-state index contributed by atoms with van der Waals surface area (Å²) in [6.07, 6.45) is -1.75. The van der Waals surface area contributed by atoms with Crippen molar-refractivity contribution in [2.45, 2.75) is 185 Å². The smallest absolute Gasteiger partial charge is 0.357 e. The molecule has 40 heteroatoms. The first-order valence-electron chi connectivity index (χ1n) is 34.7. The Morgan fingerprint density at radius 3 is 2.12 bits per heavy atom. The second-order valence-corrected chi connectivity index (χ2v) is 31.3. The summed E-state index contributed by atoms with van der Waals surface area (Å²) in [6.45, 7) is 21.8. The van der Waals surface area contributed by atoms with Crippen LogP contribution in [0.15, 0.2) is 80.0 Å². The third kappa shape index (κ3) is 18.8. The molecular formula is C70H86N18O17S5. The Balaban J connectivity index is 1.20. The molecule has 0 saturated heterocycles. The number of esters is 1. The first kappa shape index (κ1) is 84.3. The van der Waals surface area contributed by atoms with Gasteiger partial charge in [-0.3, -0.25) is 57.9 Å². The number of hydrogen-bond donors (Lipinski definition) is 16. The maximum absolute atomic E-state index is 15.3. The van der Waals surface area contributed by atoms with Crippen LogP contribution in [-0.4, -0.2) is 193 Å². The highest BCUT2D eigenvalue weighted by Gasteiger charge is 2.51. The SMILES string of the molecule is C=C(NC(=O)c1csc(C2=NC3c4csc(n4)C(C(C)OC(=O)c4cc(C(C)O)c5c(n4)C(O)CC=C5)NC(=O)c4csc(n4)C(C(C)(O)C(C)O)NC(=O)C4CSC(=N4)/C(=C/C)NC(=O)C(C(C)O)NC(=O)c4csc(n4)C3(NC(=O)C(C)NC(=O)C(=C)NC(=O)C(C)NC(=O)C(NC)C(C)CC)CC2)n1)C(N)=O. The number of rotatable bonds is 22. The summed E-state index contributed by atoms with van der Waals surface area (Å²) in [7, 11) is 1.60. The van der Waals surface area contributed by atoms with Gasteiger partial charge >= 0.3 is 5.97 Å². The number of carbonyl (C=O) groups is 11. The third-order valence-corrected chi connectivity index (χ3v) is 23.6. The van der Waals surface area contributed by atoms with Gasteiger partial charge in [0.05, 0.1) is 58.5 Å². The highest BCUT2D eigenvalue weighted by molar-refractivity contribution is 8.14. The van der Waals surface area contributed by atoms with E-state index in [0.717, 1.165) is 57.1 Å². The second-order valence-electron chi connectivity index (χ2n) is 26.8. The molecule has 0 fully saturated rings. The molecule has 10 amide bonds. The lowest BCUT2D eigenvalue weighted by atomic mass is 9.80. The van der Waals surface area contributed by atoms with Gasteiger partial charge in [0.2, 0.25) is 29.5 Å². The molecular weight excluding hydrogens is 1530 g/mol. The van der Waals surface area contributed by atoms with Gasteiger partial charge in [0, 0.05) is 32.8 Å². The number of fused-ring (bicyclic) bond motifs is 11. The van der Waals surface area contributed by atoms with Crippen LogP contribution in [0.3, 0.4) is 0 Å². The molecule has 16 unspecified atom stereocenters. The number of nitrogens with two attached hydrogens (primary N) is 1. The number of aliphatic hydroxyl groups excluding tert-OH is 4. The summed E-state index contributed by atoms with van der Waals surface area (Å²) in [4.78, 5) is 188. The zero-order valence-electron chi connectivity index (χ0n) is 61.5. The Bertz CT molecular complexity index is 4600. The minimum atomic E-state index is -2.18. The average molecular weight is 1610 g/mol. The summed E-state index contributed by atoms with van der Waals surface area (Å²) in [5.74, 6) is -10.1. The predicted molar refractivity (Wildman–Crippen MR) is 408 cm³/mol. The van der Waals surface area contributed by atoms with Crippen LogP contribution >= 0.6 is 57.1 Å². The van der Waals surface area contributed by atoms with E-state index >= 15 is 9.59 Å². The van der Waals surface area contributed by atoms with Crippen molar-refractivity contribution in [3.05, 3.63) is 135 Å².